The van der Waals surface area contributed by atoms with E-state index in [4.69, 9.17) is 56.8 Å². The molecule has 0 heterocycles. The van der Waals surface area contributed by atoms with Gasteiger partial charge in [0.05, 0.1) is 70.6 Å². The molecule has 0 radical (unpaired) electrons. The second-order valence-electron chi connectivity index (χ2n) is 49.8. The van der Waals surface area contributed by atoms with Crippen molar-refractivity contribution in [3.05, 3.63) is 0 Å². The zero-order valence-electron chi connectivity index (χ0n) is 84.0. The maximum atomic E-state index is 12.2. The average Bonchev–Trinajstić information content (AvgIpc) is 1.59. The first-order valence-electron chi connectivity index (χ1n) is 49.6. The minimum absolute atomic E-state index is 0.0959. The molecule has 0 aliphatic heterocycles. The lowest BCUT2D eigenvalue weighted by molar-refractivity contribution is -0.219. The summed E-state index contributed by atoms with van der Waals surface area (Å²) in [6.45, 7) is 65.4. The van der Waals surface area contributed by atoms with E-state index in [0.29, 0.717) is 21.7 Å². The van der Waals surface area contributed by atoms with Crippen LogP contribution in [0.15, 0.2) is 0 Å². The van der Waals surface area contributed by atoms with Gasteiger partial charge in [0, 0.05) is 0 Å². The largest absolute Gasteiger partial charge is 0.438 e. The van der Waals surface area contributed by atoms with E-state index in [1.807, 2.05) is 132 Å². The molecule has 16 rings (SSSR count). The van der Waals surface area contributed by atoms with Gasteiger partial charge in [-0.15, -0.1) is 0 Å². The predicted molar refractivity (Wildman–Crippen MR) is 484 cm³/mol. The number of fused-ring (bicyclic) bond motifs is 8. The van der Waals surface area contributed by atoms with Crippen LogP contribution in [-0.2, 0) is 85.6 Å². The smallest absolute Gasteiger partial charge is 0.313 e. The van der Waals surface area contributed by atoms with Gasteiger partial charge in [-0.1, -0.05) is 124 Å². The molecule has 16 aliphatic rings. The Morgan fingerprint density at radius 3 is 1.05 bits per heavy atom. The zero-order chi connectivity index (χ0) is 91.6. The molecule has 16 saturated carbocycles. The van der Waals surface area contributed by atoms with Crippen LogP contribution in [0.2, 0.25) is 0 Å². The molecule has 0 saturated heterocycles. The van der Waals surface area contributed by atoms with Crippen LogP contribution in [-0.4, -0.2) is 114 Å². The minimum Gasteiger partial charge on any atom is -0.438 e. The summed E-state index contributed by atoms with van der Waals surface area (Å²) in [7, 11) is 0. The molecule has 0 aromatic carbocycles. The summed E-state index contributed by atoms with van der Waals surface area (Å²) in [4.78, 5) is 71.8. The fourth-order valence-electron chi connectivity index (χ4n) is 26.3. The monoisotopic (exact) mass is 1730 g/mol. The van der Waals surface area contributed by atoms with Gasteiger partial charge in [-0.3, -0.25) is 28.8 Å². The van der Waals surface area contributed by atoms with Crippen LogP contribution < -0.4 is 0 Å². The van der Waals surface area contributed by atoms with Gasteiger partial charge in [-0.25, -0.2) is 0 Å². The molecule has 13 atom stereocenters. The van der Waals surface area contributed by atoms with Crippen molar-refractivity contribution in [2.75, 3.05) is 53.8 Å². The van der Waals surface area contributed by atoms with E-state index in [9.17, 15) is 28.8 Å². The lowest BCUT2D eigenvalue weighted by Gasteiger charge is -2.60. The molecule has 123 heavy (non-hydrogen) atoms. The van der Waals surface area contributed by atoms with Crippen LogP contribution in [0.25, 0.3) is 0 Å². The molecular formula is C105H182O18. The highest BCUT2D eigenvalue weighted by atomic mass is 16.7. The Hall–Kier alpha value is -3.42. The Morgan fingerprint density at radius 2 is 0.691 bits per heavy atom. The van der Waals surface area contributed by atoms with Crippen LogP contribution >= 0.6 is 0 Å². The molecule has 0 aromatic rings. The molecule has 16 aliphatic carbocycles. The van der Waals surface area contributed by atoms with Gasteiger partial charge >= 0.3 is 35.8 Å². The lowest BCUT2D eigenvalue weighted by Crippen LogP contribution is -2.53. The van der Waals surface area contributed by atoms with Crippen molar-refractivity contribution in [1.29, 1.82) is 0 Å². The molecule has 16 fully saturated rings. The van der Waals surface area contributed by atoms with Crippen molar-refractivity contribution in [3.8, 4) is 0 Å². The Morgan fingerprint density at radius 1 is 0.333 bits per heavy atom. The maximum absolute atomic E-state index is 12.2. The summed E-state index contributed by atoms with van der Waals surface area (Å²) in [5.74, 6) is 9.50. The molecule has 0 amide bonds. The summed E-state index contributed by atoms with van der Waals surface area (Å²) >= 11 is 0. The van der Waals surface area contributed by atoms with Gasteiger partial charge in [0.25, 0.3) is 0 Å². The first-order chi connectivity index (χ1) is 57.0. The number of esters is 6. The number of carbonyl (C=O) groups excluding carboxylic acids is 6. The Kier molecular flexibility index (Phi) is 33.6. The summed E-state index contributed by atoms with van der Waals surface area (Å²) in [5, 5.41) is 0. The first kappa shape index (κ1) is 103. The highest BCUT2D eigenvalue weighted by Gasteiger charge is 2.64. The standard InChI is InChI=1S/C19H32O3.C18H30O3.C18H32O3.2C17H30O3.C16H28O3/c1-5-18(2,3)17(20)22-12-21-11-19(4)15-7-13-6-14(9-15)10-16(19)8-13;1-4-17(2,3)16(19)21-12-20-11-18-8-13-5-14(9-18)7-15(6-13)10-18;1-8-16(3,4)15(19)21-12(2)20-14-17(5,6)13-9-10-18(14,7)11-13;1-7-15(2,3)14(18)20-11-19-13-16(4,5)12-8-9-17(13,6)10-12;1-7-15(2,3)14(18)20-11-19-13-10-12-8-9-17(13,6)16(12,4)5;1-5-15(2,3)14(17)19-11-18-10-16(4)9-12-6-7-13(16)8-12/h13-16H,5-12H2,1-4H3;13-15H,4-12H2,1-3H3;12-14H,8-11H2,1-7H3;2*12-13H,7-11H2,1-6H3;12-13H,5-11H2,1-4H3. The topological polar surface area (TPSA) is 213 Å². The molecule has 0 spiro atoms. The van der Waals surface area contributed by atoms with E-state index in [2.05, 4.69) is 76.2 Å². The van der Waals surface area contributed by atoms with Gasteiger partial charge in [0.15, 0.2) is 40.3 Å². The van der Waals surface area contributed by atoms with E-state index in [0.717, 1.165) is 136 Å². The highest BCUT2D eigenvalue weighted by molar-refractivity contribution is 5.78. The van der Waals surface area contributed by atoms with Crippen molar-refractivity contribution in [3.63, 3.8) is 0 Å². The normalized spacial score (nSPS) is 36.4. The fourth-order valence-corrected chi connectivity index (χ4v) is 26.3. The van der Waals surface area contributed by atoms with Crippen LogP contribution in [0.3, 0.4) is 0 Å². The van der Waals surface area contributed by atoms with Gasteiger partial charge in [-0.05, 0) is 396 Å². The van der Waals surface area contributed by atoms with Gasteiger partial charge in [-0.2, -0.15) is 0 Å². The van der Waals surface area contributed by atoms with Crippen LogP contribution in [0.4, 0.5) is 0 Å². The molecule has 18 heteroatoms. The molecule has 710 valence electrons. The second-order valence-corrected chi connectivity index (χ2v) is 49.8. The van der Waals surface area contributed by atoms with Crippen LogP contribution in [0.1, 0.15) is 400 Å². The van der Waals surface area contributed by atoms with E-state index >= 15 is 0 Å². The second kappa shape index (κ2) is 39.9. The number of hydrogen-bond acceptors (Lipinski definition) is 18. The maximum Gasteiger partial charge on any atom is 0.313 e. The number of hydrogen-bond donors (Lipinski definition) is 0. The number of rotatable bonds is 33. The van der Waals surface area contributed by atoms with E-state index in [-0.39, 0.29) is 115 Å². The number of carbonyl (C=O) groups is 6. The Labute approximate surface area is 748 Å². The van der Waals surface area contributed by atoms with Crippen molar-refractivity contribution in [2.24, 2.45) is 152 Å². The summed E-state index contributed by atoms with van der Waals surface area (Å²) in [6.07, 6.45) is 36.9. The van der Waals surface area contributed by atoms with Crippen LogP contribution in [0.5, 0.6) is 0 Å². The van der Waals surface area contributed by atoms with Crippen molar-refractivity contribution >= 4 is 35.8 Å². The van der Waals surface area contributed by atoms with E-state index in [1.165, 1.54) is 148 Å². The summed E-state index contributed by atoms with van der Waals surface area (Å²) in [6, 6.07) is 0. The third kappa shape index (κ3) is 23.4. The summed E-state index contributed by atoms with van der Waals surface area (Å²) in [5.41, 5.74) is -0.0144. The van der Waals surface area contributed by atoms with Crippen molar-refractivity contribution in [2.45, 2.75) is 425 Å². The Bertz CT molecular complexity index is 3430. The molecule has 16 bridgehead atoms. The number of ether oxygens (including phenoxy) is 12. The molecule has 0 aromatic heterocycles. The lowest BCUT2D eigenvalue weighted by atomic mass is 9.46. The first-order valence-corrected chi connectivity index (χ1v) is 49.6. The fraction of sp³-hybridized carbons (Fsp3) is 0.943. The highest BCUT2D eigenvalue weighted by Crippen LogP contribution is 2.69. The summed E-state index contributed by atoms with van der Waals surface area (Å²) < 4.78 is 67.5. The van der Waals surface area contributed by atoms with Gasteiger partial charge in [0.1, 0.15) is 0 Å². The molecular weight excluding hydrogens is 1550 g/mol. The SMILES string of the molecule is CCC(C)(C)C(=O)OC(C)OC1C2(C)CCC(C2)C1(C)C.CCC(C)(C)C(=O)OCOC1C2(C)CCC(C2)C1(C)C.CCC(C)(C)C(=O)OCOC1CC2CCC1(C)C2(C)C.CCC(C)(C)C(=O)OCOCC1(C)C2CC3CC(C2)CC1C3.CCC(C)(C)C(=O)OCOCC1(C)CC2CCC1C2.CCC(C)(C)C(=O)OCOCC12CC3CC(CC(C3)C1)C2. The molecule has 18 nitrogen and oxygen atoms in total. The third-order valence-electron chi connectivity index (χ3n) is 37.6. The van der Waals surface area contributed by atoms with Crippen molar-refractivity contribution < 1.29 is 85.6 Å². The van der Waals surface area contributed by atoms with Crippen LogP contribution in [0, 0.1) is 152 Å². The minimum atomic E-state index is -0.469. The third-order valence-corrected chi connectivity index (χ3v) is 37.6. The molecule has 13 unspecified atom stereocenters. The van der Waals surface area contributed by atoms with Crippen molar-refractivity contribution in [1.82, 2.24) is 0 Å². The quantitative estimate of drug-likeness (QED) is 0.0258. The predicted octanol–water partition coefficient (Wildman–Crippen LogP) is 25.2. The molecule has 0 N–H and O–H groups in total. The Balaban J connectivity index is 0.000000168. The van der Waals surface area contributed by atoms with E-state index < -0.39 is 38.8 Å². The van der Waals surface area contributed by atoms with Gasteiger partial charge < -0.3 is 56.8 Å². The van der Waals surface area contributed by atoms with Gasteiger partial charge in [0.2, 0.25) is 0 Å². The zero-order valence-corrected chi connectivity index (χ0v) is 84.0. The average molecular weight is 1730 g/mol. The van der Waals surface area contributed by atoms with E-state index in [1.54, 1.807) is 0 Å².